The number of nitrogens with zero attached hydrogens (tertiary/aromatic N) is 3. The van der Waals surface area contributed by atoms with E-state index < -0.39 is 0 Å². The summed E-state index contributed by atoms with van der Waals surface area (Å²) in [6.07, 6.45) is 2.31. The normalized spacial score (nSPS) is 15.1. The second-order valence-corrected chi connectivity index (χ2v) is 6.28. The zero-order valence-electron chi connectivity index (χ0n) is 14.4. The fraction of sp³-hybridized carbons (Fsp3) is 0.444. The van der Waals surface area contributed by atoms with Gasteiger partial charge in [-0.25, -0.2) is 4.68 Å². The first-order chi connectivity index (χ1) is 12.1. The maximum Gasteiger partial charge on any atom is 0.227 e. The van der Waals surface area contributed by atoms with E-state index in [2.05, 4.69) is 20.7 Å². The Labute approximate surface area is 146 Å². The van der Waals surface area contributed by atoms with Crippen LogP contribution < -0.4 is 10.6 Å². The smallest absolute Gasteiger partial charge is 0.227 e. The molecule has 1 aliphatic heterocycles. The fourth-order valence-electron chi connectivity index (χ4n) is 2.95. The monoisotopic (exact) mass is 341 g/mol. The van der Waals surface area contributed by atoms with Crippen LogP contribution in [0.2, 0.25) is 0 Å². The van der Waals surface area contributed by atoms with E-state index in [1.807, 2.05) is 18.2 Å². The summed E-state index contributed by atoms with van der Waals surface area (Å²) in [5.41, 5.74) is 0.627. The van der Waals surface area contributed by atoms with Crippen molar-refractivity contribution < 1.29 is 9.59 Å². The van der Waals surface area contributed by atoms with Crippen molar-refractivity contribution in [2.45, 2.75) is 31.6 Å². The highest BCUT2D eigenvalue weighted by Crippen LogP contribution is 2.23. The minimum atomic E-state index is -0.225. The molecule has 1 saturated heterocycles. The van der Waals surface area contributed by atoms with E-state index in [1.165, 1.54) is 0 Å². The maximum atomic E-state index is 12.1. The molecule has 1 amide bonds. The van der Waals surface area contributed by atoms with E-state index in [-0.39, 0.29) is 24.5 Å². The maximum absolute atomic E-state index is 12.1. The number of ketones is 1. The predicted molar refractivity (Wildman–Crippen MR) is 94.5 cm³/mol. The van der Waals surface area contributed by atoms with Gasteiger partial charge >= 0.3 is 0 Å². The van der Waals surface area contributed by atoms with Crippen molar-refractivity contribution in [3.05, 3.63) is 41.7 Å². The molecule has 0 aliphatic carbocycles. The van der Waals surface area contributed by atoms with Crippen molar-refractivity contribution in [3.63, 3.8) is 0 Å². The lowest BCUT2D eigenvalue weighted by Gasteiger charge is -2.19. The summed E-state index contributed by atoms with van der Waals surface area (Å²) < 4.78 is 1.59. The molecule has 1 aromatic carbocycles. The molecule has 2 N–H and O–H groups in total. The van der Waals surface area contributed by atoms with Gasteiger partial charge in [-0.2, -0.15) is 10.1 Å². The molecule has 7 heteroatoms. The highest BCUT2D eigenvalue weighted by atomic mass is 16.2. The number of hydrogen-bond acceptors (Lipinski definition) is 5. The largest absolute Gasteiger partial charge is 0.317 e. The lowest BCUT2D eigenvalue weighted by Crippen LogP contribution is -2.27. The van der Waals surface area contributed by atoms with E-state index >= 15 is 0 Å². The summed E-state index contributed by atoms with van der Waals surface area (Å²) in [5, 5.41) is 10.5. The van der Waals surface area contributed by atoms with Crippen LogP contribution in [0.15, 0.2) is 30.3 Å². The van der Waals surface area contributed by atoms with Crippen molar-refractivity contribution in [2.24, 2.45) is 7.05 Å². The number of rotatable bonds is 6. The van der Waals surface area contributed by atoms with Gasteiger partial charge in [0.2, 0.25) is 11.9 Å². The van der Waals surface area contributed by atoms with Gasteiger partial charge in [-0.3, -0.25) is 14.9 Å². The summed E-state index contributed by atoms with van der Waals surface area (Å²) >= 11 is 0. The molecule has 0 bridgehead atoms. The molecular formula is C18H23N5O2. The molecule has 1 fully saturated rings. The van der Waals surface area contributed by atoms with Gasteiger partial charge in [0, 0.05) is 31.4 Å². The predicted octanol–water partition coefficient (Wildman–Crippen LogP) is 1.88. The zero-order valence-corrected chi connectivity index (χ0v) is 14.4. The molecule has 0 unspecified atom stereocenters. The number of carbonyl (C=O) groups is 2. The standard InChI is InChI=1S/C18H23N5O2/c1-23-18(21-17(22-23)14-9-11-19-12-10-14)20-16(25)8-7-15(24)13-5-3-2-4-6-13/h2-6,14,19H,7-12H2,1H3,(H,20,21,22,25). The topological polar surface area (TPSA) is 88.9 Å². The van der Waals surface area contributed by atoms with Crippen LogP contribution in [-0.2, 0) is 11.8 Å². The van der Waals surface area contributed by atoms with E-state index in [0.29, 0.717) is 17.4 Å². The molecule has 2 heterocycles. The van der Waals surface area contributed by atoms with Crippen LogP contribution in [0.4, 0.5) is 5.95 Å². The third-order valence-corrected chi connectivity index (χ3v) is 4.41. The van der Waals surface area contributed by atoms with Gasteiger partial charge in [0.1, 0.15) is 0 Å². The number of aromatic nitrogens is 3. The van der Waals surface area contributed by atoms with Crippen molar-refractivity contribution in [3.8, 4) is 0 Å². The van der Waals surface area contributed by atoms with Crippen LogP contribution in [0.25, 0.3) is 0 Å². The number of piperidine rings is 1. The van der Waals surface area contributed by atoms with Crippen molar-refractivity contribution in [1.82, 2.24) is 20.1 Å². The summed E-state index contributed by atoms with van der Waals surface area (Å²) in [7, 11) is 1.77. The van der Waals surface area contributed by atoms with Crippen molar-refractivity contribution in [1.29, 1.82) is 0 Å². The quantitative estimate of drug-likeness (QED) is 0.783. The number of hydrogen-bond donors (Lipinski definition) is 2. The number of aryl methyl sites for hydroxylation is 1. The molecule has 0 spiro atoms. The first-order valence-electron chi connectivity index (χ1n) is 8.63. The lowest BCUT2D eigenvalue weighted by molar-refractivity contribution is -0.116. The Morgan fingerprint density at radius 3 is 2.64 bits per heavy atom. The molecule has 25 heavy (non-hydrogen) atoms. The van der Waals surface area contributed by atoms with Gasteiger partial charge in [-0.1, -0.05) is 30.3 Å². The van der Waals surface area contributed by atoms with E-state index in [0.717, 1.165) is 31.8 Å². The highest BCUT2D eigenvalue weighted by Gasteiger charge is 2.21. The minimum absolute atomic E-state index is 0.0379. The van der Waals surface area contributed by atoms with E-state index in [9.17, 15) is 9.59 Å². The molecule has 7 nitrogen and oxygen atoms in total. The van der Waals surface area contributed by atoms with Crippen LogP contribution in [0.5, 0.6) is 0 Å². The van der Waals surface area contributed by atoms with Gasteiger partial charge in [0.15, 0.2) is 11.6 Å². The third kappa shape index (κ3) is 4.51. The molecular weight excluding hydrogens is 318 g/mol. The Hall–Kier alpha value is -2.54. The Kier molecular flexibility index (Phi) is 5.55. The first-order valence-corrected chi connectivity index (χ1v) is 8.63. The zero-order chi connectivity index (χ0) is 17.6. The molecule has 132 valence electrons. The van der Waals surface area contributed by atoms with Crippen LogP contribution in [0, 0.1) is 0 Å². The van der Waals surface area contributed by atoms with Gasteiger partial charge in [-0.15, -0.1) is 0 Å². The first kappa shape index (κ1) is 17.3. The molecule has 0 radical (unpaired) electrons. The molecule has 3 rings (SSSR count). The average Bonchev–Trinajstić information content (AvgIpc) is 3.01. The SMILES string of the molecule is Cn1nc(C2CCNCC2)nc1NC(=O)CCC(=O)c1ccccc1. The van der Waals surface area contributed by atoms with Gasteiger partial charge in [0.25, 0.3) is 0 Å². The van der Waals surface area contributed by atoms with Gasteiger partial charge < -0.3 is 5.32 Å². The summed E-state index contributed by atoms with van der Waals surface area (Å²) in [6, 6.07) is 9.00. The van der Waals surface area contributed by atoms with E-state index in [1.54, 1.807) is 23.9 Å². The van der Waals surface area contributed by atoms with Gasteiger partial charge in [-0.05, 0) is 25.9 Å². The van der Waals surface area contributed by atoms with E-state index in [4.69, 9.17) is 0 Å². The lowest BCUT2D eigenvalue weighted by atomic mass is 9.98. The Balaban J connectivity index is 1.54. The second kappa shape index (κ2) is 8.02. The van der Waals surface area contributed by atoms with Crippen molar-refractivity contribution >= 4 is 17.6 Å². The van der Waals surface area contributed by atoms with Crippen LogP contribution in [-0.4, -0.2) is 39.5 Å². The molecule has 0 saturated carbocycles. The highest BCUT2D eigenvalue weighted by molar-refractivity contribution is 5.99. The van der Waals surface area contributed by atoms with Crippen LogP contribution in [0.1, 0.15) is 47.8 Å². The Morgan fingerprint density at radius 1 is 1.20 bits per heavy atom. The van der Waals surface area contributed by atoms with Crippen molar-refractivity contribution in [2.75, 3.05) is 18.4 Å². The number of anilines is 1. The summed E-state index contributed by atoms with van der Waals surface area (Å²) in [4.78, 5) is 28.7. The second-order valence-electron chi connectivity index (χ2n) is 6.28. The Bertz CT molecular complexity index is 735. The molecule has 0 atom stereocenters. The molecule has 1 aliphatic rings. The molecule has 2 aromatic rings. The summed E-state index contributed by atoms with van der Waals surface area (Å²) in [6.45, 7) is 1.93. The Morgan fingerprint density at radius 2 is 1.92 bits per heavy atom. The molecule has 1 aromatic heterocycles. The average molecular weight is 341 g/mol. The number of Topliss-reactive ketones (excluding diaryl/α,β-unsaturated/α-hetero) is 1. The third-order valence-electron chi connectivity index (χ3n) is 4.41. The summed E-state index contributed by atoms with van der Waals surface area (Å²) in [5.74, 6) is 1.28. The van der Waals surface area contributed by atoms with Gasteiger partial charge in [0.05, 0.1) is 0 Å². The van der Waals surface area contributed by atoms with Crippen LogP contribution >= 0.6 is 0 Å². The number of amides is 1. The fourth-order valence-corrected chi connectivity index (χ4v) is 2.95. The number of benzene rings is 1. The van der Waals surface area contributed by atoms with Crippen LogP contribution in [0.3, 0.4) is 0 Å². The number of carbonyl (C=O) groups excluding carboxylic acids is 2. The minimum Gasteiger partial charge on any atom is -0.317 e. The number of nitrogens with one attached hydrogen (secondary N) is 2.